The van der Waals surface area contributed by atoms with Crippen LogP contribution >= 0.6 is 0 Å². The van der Waals surface area contributed by atoms with Gasteiger partial charge in [-0.15, -0.1) is 0 Å². The van der Waals surface area contributed by atoms with Gasteiger partial charge in [0.1, 0.15) is 0 Å². The van der Waals surface area contributed by atoms with Crippen LogP contribution in [-0.2, 0) is 4.79 Å². The summed E-state index contributed by atoms with van der Waals surface area (Å²) in [5.41, 5.74) is 0.408. The first kappa shape index (κ1) is 10.9. The summed E-state index contributed by atoms with van der Waals surface area (Å²) in [6.45, 7) is 7.25. The van der Waals surface area contributed by atoms with Crippen molar-refractivity contribution in [3.05, 3.63) is 0 Å². The quantitative estimate of drug-likeness (QED) is 0.715. The maximum absolute atomic E-state index is 11.8. The molecule has 0 spiro atoms. The van der Waals surface area contributed by atoms with E-state index < -0.39 is 0 Å². The van der Waals surface area contributed by atoms with Crippen LogP contribution in [0.25, 0.3) is 0 Å². The molecule has 3 nitrogen and oxygen atoms in total. The van der Waals surface area contributed by atoms with Gasteiger partial charge in [0.2, 0.25) is 5.91 Å². The van der Waals surface area contributed by atoms with E-state index in [0.29, 0.717) is 18.0 Å². The number of nitrogens with zero attached hydrogens (tertiary/aromatic N) is 1. The van der Waals surface area contributed by atoms with Crippen molar-refractivity contribution in [3.8, 4) is 0 Å². The van der Waals surface area contributed by atoms with Crippen molar-refractivity contribution >= 4 is 5.91 Å². The number of nitrogens with one attached hydrogen (secondary N) is 1. The Morgan fingerprint density at radius 2 is 2.20 bits per heavy atom. The molecule has 1 saturated carbocycles. The third-order valence-corrected chi connectivity index (χ3v) is 3.83. The van der Waals surface area contributed by atoms with E-state index in [1.54, 1.807) is 0 Å². The SMILES string of the molecule is CC1NCC(=O)N1C1CCCC(C)(C)C1. The van der Waals surface area contributed by atoms with Crippen molar-refractivity contribution < 1.29 is 4.79 Å². The van der Waals surface area contributed by atoms with Gasteiger partial charge in [0, 0.05) is 6.04 Å². The van der Waals surface area contributed by atoms with Crippen molar-refractivity contribution in [3.63, 3.8) is 0 Å². The standard InChI is InChI=1S/C12H22N2O/c1-9-13-8-11(15)14(9)10-5-4-6-12(2,3)7-10/h9-10,13H,4-8H2,1-3H3. The molecule has 1 saturated heterocycles. The smallest absolute Gasteiger partial charge is 0.238 e. The summed E-state index contributed by atoms with van der Waals surface area (Å²) in [4.78, 5) is 13.8. The van der Waals surface area contributed by atoms with Crippen LogP contribution in [0, 0.1) is 5.41 Å². The summed E-state index contributed by atoms with van der Waals surface area (Å²) >= 11 is 0. The monoisotopic (exact) mass is 210 g/mol. The summed E-state index contributed by atoms with van der Waals surface area (Å²) < 4.78 is 0. The Labute approximate surface area is 92.2 Å². The summed E-state index contributed by atoms with van der Waals surface area (Å²) in [6.07, 6.45) is 5.13. The Hall–Kier alpha value is -0.570. The van der Waals surface area contributed by atoms with Gasteiger partial charge in [-0.25, -0.2) is 0 Å². The lowest BCUT2D eigenvalue weighted by atomic mass is 9.74. The molecule has 1 heterocycles. The molecule has 86 valence electrons. The Kier molecular flexibility index (Phi) is 2.75. The van der Waals surface area contributed by atoms with Gasteiger partial charge in [-0.1, -0.05) is 20.3 Å². The first-order chi connectivity index (χ1) is 6.99. The molecule has 2 unspecified atom stereocenters. The zero-order chi connectivity index (χ0) is 11.1. The summed E-state index contributed by atoms with van der Waals surface area (Å²) in [6, 6.07) is 0.464. The van der Waals surface area contributed by atoms with Gasteiger partial charge in [-0.2, -0.15) is 0 Å². The Morgan fingerprint density at radius 3 is 2.73 bits per heavy atom. The van der Waals surface area contributed by atoms with Crippen molar-refractivity contribution in [2.75, 3.05) is 6.54 Å². The van der Waals surface area contributed by atoms with Crippen LogP contribution in [0.5, 0.6) is 0 Å². The minimum Gasteiger partial charge on any atom is -0.323 e. The number of hydrogen-bond donors (Lipinski definition) is 1. The summed E-state index contributed by atoms with van der Waals surface area (Å²) in [5.74, 6) is 0.283. The van der Waals surface area contributed by atoms with Crippen molar-refractivity contribution in [2.45, 2.75) is 58.7 Å². The second-order valence-corrected chi connectivity index (χ2v) is 5.77. The highest BCUT2D eigenvalue weighted by Gasteiger charge is 2.38. The lowest BCUT2D eigenvalue weighted by Gasteiger charge is -2.41. The molecule has 2 fully saturated rings. The van der Waals surface area contributed by atoms with E-state index in [9.17, 15) is 4.79 Å². The van der Waals surface area contributed by atoms with Gasteiger partial charge < -0.3 is 4.90 Å². The van der Waals surface area contributed by atoms with E-state index in [1.165, 1.54) is 19.3 Å². The van der Waals surface area contributed by atoms with Crippen LogP contribution in [0.4, 0.5) is 0 Å². The minimum atomic E-state index is 0.233. The topological polar surface area (TPSA) is 32.3 Å². The number of rotatable bonds is 1. The molecule has 1 aliphatic carbocycles. The molecule has 0 aromatic heterocycles. The van der Waals surface area contributed by atoms with Crippen LogP contribution in [0.1, 0.15) is 46.5 Å². The molecule has 1 amide bonds. The molecule has 0 bridgehead atoms. The van der Waals surface area contributed by atoms with E-state index >= 15 is 0 Å². The minimum absolute atomic E-state index is 0.233. The van der Waals surface area contributed by atoms with Gasteiger partial charge >= 0.3 is 0 Å². The van der Waals surface area contributed by atoms with Gasteiger partial charge in [0.15, 0.2) is 0 Å². The Morgan fingerprint density at radius 1 is 1.47 bits per heavy atom. The first-order valence-corrected chi connectivity index (χ1v) is 6.04. The molecule has 0 aromatic rings. The van der Waals surface area contributed by atoms with E-state index in [4.69, 9.17) is 0 Å². The van der Waals surface area contributed by atoms with Crippen molar-refractivity contribution in [1.29, 1.82) is 0 Å². The molecular weight excluding hydrogens is 188 g/mol. The van der Waals surface area contributed by atoms with Crippen LogP contribution < -0.4 is 5.32 Å². The fraction of sp³-hybridized carbons (Fsp3) is 0.917. The number of hydrogen-bond acceptors (Lipinski definition) is 2. The Balaban J connectivity index is 2.06. The number of carbonyl (C=O) groups excluding carboxylic acids is 1. The third-order valence-electron chi connectivity index (χ3n) is 3.83. The highest BCUT2D eigenvalue weighted by molar-refractivity contribution is 5.80. The van der Waals surface area contributed by atoms with Crippen LogP contribution in [0.2, 0.25) is 0 Å². The van der Waals surface area contributed by atoms with Crippen LogP contribution in [0.3, 0.4) is 0 Å². The second-order valence-electron chi connectivity index (χ2n) is 5.77. The average molecular weight is 210 g/mol. The predicted molar refractivity (Wildman–Crippen MR) is 60.3 cm³/mol. The molecule has 15 heavy (non-hydrogen) atoms. The molecule has 0 aromatic carbocycles. The largest absolute Gasteiger partial charge is 0.323 e. The first-order valence-electron chi connectivity index (χ1n) is 6.04. The molecule has 2 atom stereocenters. The molecule has 1 N–H and O–H groups in total. The Bertz CT molecular complexity index is 262. The van der Waals surface area contributed by atoms with Gasteiger partial charge in [-0.05, 0) is 31.6 Å². The maximum Gasteiger partial charge on any atom is 0.238 e. The molecule has 3 heteroatoms. The van der Waals surface area contributed by atoms with E-state index in [1.807, 2.05) is 0 Å². The van der Waals surface area contributed by atoms with Gasteiger partial charge in [-0.3, -0.25) is 10.1 Å². The normalized spacial score (nSPS) is 35.9. The molecule has 2 rings (SSSR count). The zero-order valence-electron chi connectivity index (χ0n) is 10.0. The fourth-order valence-corrected chi connectivity index (χ4v) is 3.06. The summed E-state index contributed by atoms with van der Waals surface area (Å²) in [5, 5.41) is 3.22. The van der Waals surface area contributed by atoms with E-state index in [-0.39, 0.29) is 12.1 Å². The zero-order valence-corrected chi connectivity index (χ0v) is 10.0. The third kappa shape index (κ3) is 2.17. The average Bonchev–Trinajstić information content (AvgIpc) is 2.44. The lowest BCUT2D eigenvalue weighted by Crippen LogP contribution is -2.46. The lowest BCUT2D eigenvalue weighted by molar-refractivity contribution is -0.131. The predicted octanol–water partition coefficient (Wildman–Crippen LogP) is 1.73. The van der Waals surface area contributed by atoms with E-state index in [0.717, 1.165) is 6.42 Å². The van der Waals surface area contributed by atoms with Crippen LogP contribution in [-0.4, -0.2) is 29.6 Å². The van der Waals surface area contributed by atoms with Gasteiger partial charge in [0.25, 0.3) is 0 Å². The molecule has 1 aliphatic heterocycles. The maximum atomic E-state index is 11.8. The van der Waals surface area contributed by atoms with Crippen LogP contribution in [0.15, 0.2) is 0 Å². The number of carbonyl (C=O) groups is 1. The molecule has 2 aliphatic rings. The van der Waals surface area contributed by atoms with Gasteiger partial charge in [0.05, 0.1) is 12.7 Å². The van der Waals surface area contributed by atoms with E-state index in [2.05, 4.69) is 31.0 Å². The highest BCUT2D eigenvalue weighted by Crippen LogP contribution is 2.38. The molecular formula is C12H22N2O. The summed E-state index contributed by atoms with van der Waals surface area (Å²) in [7, 11) is 0. The fourth-order valence-electron chi connectivity index (χ4n) is 3.06. The number of amides is 1. The molecule has 0 radical (unpaired) electrons. The van der Waals surface area contributed by atoms with Crippen molar-refractivity contribution in [1.82, 2.24) is 10.2 Å². The second kappa shape index (κ2) is 3.78. The van der Waals surface area contributed by atoms with Crippen molar-refractivity contribution in [2.24, 2.45) is 5.41 Å². The highest BCUT2D eigenvalue weighted by atomic mass is 16.2.